The maximum Gasteiger partial charge on any atom is 0.299 e. The maximum atomic E-state index is 12.2. The Hall–Kier alpha value is -2.03. The molecule has 1 aliphatic rings. The normalized spacial score (nSPS) is 14.3. The van der Waals surface area contributed by atoms with E-state index in [1.165, 1.54) is 11.0 Å². The first-order valence-electron chi connectivity index (χ1n) is 6.50. The number of hydrogen-bond acceptors (Lipinski definition) is 4. The van der Waals surface area contributed by atoms with E-state index >= 15 is 0 Å². The number of anilines is 1. The number of Topliss-reactive ketones (excluding diaryl/α,β-unsaturated/α-hetero) is 1. The molecule has 0 atom stereocenters. The molecule has 1 amide bonds. The van der Waals surface area contributed by atoms with Gasteiger partial charge in [-0.2, -0.15) is 8.42 Å². The summed E-state index contributed by atoms with van der Waals surface area (Å²) in [4.78, 5) is 25.1. The number of amides is 1. The van der Waals surface area contributed by atoms with Crippen molar-refractivity contribution in [1.82, 2.24) is 0 Å². The van der Waals surface area contributed by atoms with E-state index in [2.05, 4.69) is 15.9 Å². The maximum absolute atomic E-state index is 12.2. The van der Waals surface area contributed by atoms with Crippen molar-refractivity contribution in [3.05, 3.63) is 58.1 Å². The van der Waals surface area contributed by atoms with Gasteiger partial charge in [-0.25, -0.2) is 0 Å². The Kier molecular flexibility index (Phi) is 3.83. The second kappa shape index (κ2) is 5.55. The van der Waals surface area contributed by atoms with Crippen molar-refractivity contribution in [3.8, 4) is 0 Å². The monoisotopic (exact) mass is 395 g/mol. The van der Waals surface area contributed by atoms with Crippen LogP contribution in [0.25, 0.3) is 0 Å². The summed E-state index contributed by atoms with van der Waals surface area (Å²) < 4.78 is 32.2. The van der Waals surface area contributed by atoms with Crippen LogP contribution in [0, 0.1) is 0 Å². The van der Waals surface area contributed by atoms with E-state index in [0.29, 0.717) is 5.69 Å². The summed E-state index contributed by atoms with van der Waals surface area (Å²) in [7, 11) is -4.44. The fraction of sp³-hybridized carbons (Fsp3) is 0.0667. The molecule has 0 radical (unpaired) electrons. The average Bonchev–Trinajstić information content (AvgIpc) is 2.73. The Morgan fingerprint density at radius 2 is 1.78 bits per heavy atom. The van der Waals surface area contributed by atoms with Crippen LogP contribution < -0.4 is 4.90 Å². The molecule has 0 bridgehead atoms. The van der Waals surface area contributed by atoms with Crippen LogP contribution in [0.1, 0.15) is 15.9 Å². The highest BCUT2D eigenvalue weighted by molar-refractivity contribution is 9.10. The van der Waals surface area contributed by atoms with Gasteiger partial charge in [0.15, 0.2) is 0 Å². The van der Waals surface area contributed by atoms with Gasteiger partial charge in [-0.3, -0.25) is 14.1 Å². The standard InChI is InChI=1S/C15H10BrNO5S/c16-12-4-2-1-3-9(12)8-17-13-6-5-10(23(20,21)22)7-11(13)14(18)15(17)19/h1-7H,8H2,(H,20,21,22). The molecule has 0 unspecified atom stereocenters. The number of nitrogens with zero attached hydrogens (tertiary/aromatic N) is 1. The molecule has 8 heteroatoms. The van der Waals surface area contributed by atoms with Gasteiger partial charge in [0.1, 0.15) is 0 Å². The fourth-order valence-electron chi connectivity index (χ4n) is 2.39. The number of benzene rings is 2. The second-order valence-corrected chi connectivity index (χ2v) is 7.24. The molecule has 6 nitrogen and oxygen atoms in total. The topological polar surface area (TPSA) is 91.8 Å². The molecule has 1 heterocycles. The first-order chi connectivity index (χ1) is 10.8. The first kappa shape index (κ1) is 15.9. The molecule has 1 N–H and O–H groups in total. The smallest absolute Gasteiger partial charge is 0.299 e. The molecule has 0 fully saturated rings. The molecule has 3 rings (SSSR count). The van der Waals surface area contributed by atoms with Crippen LogP contribution in [0.4, 0.5) is 5.69 Å². The number of carbonyl (C=O) groups is 2. The molecule has 2 aromatic carbocycles. The summed E-state index contributed by atoms with van der Waals surface area (Å²) in [6, 6.07) is 10.8. The molecule has 118 valence electrons. The molecular weight excluding hydrogens is 386 g/mol. The minimum absolute atomic E-state index is 0.0304. The molecule has 0 spiro atoms. The van der Waals surface area contributed by atoms with Gasteiger partial charge in [0.05, 0.1) is 22.7 Å². The Balaban J connectivity index is 2.05. The van der Waals surface area contributed by atoms with Crippen LogP contribution in [0.3, 0.4) is 0 Å². The lowest BCUT2D eigenvalue weighted by Gasteiger charge is -2.17. The van der Waals surface area contributed by atoms with Crippen molar-refractivity contribution in [2.75, 3.05) is 4.90 Å². The third-order valence-electron chi connectivity index (χ3n) is 3.53. The van der Waals surface area contributed by atoms with E-state index in [-0.39, 0.29) is 12.1 Å². The van der Waals surface area contributed by atoms with Crippen LogP contribution in [0.5, 0.6) is 0 Å². The summed E-state index contributed by atoms with van der Waals surface area (Å²) in [6.45, 7) is 0.171. The Labute approximate surface area is 140 Å². The third kappa shape index (κ3) is 2.80. The summed E-state index contributed by atoms with van der Waals surface area (Å²) in [6.07, 6.45) is 0. The van der Waals surface area contributed by atoms with E-state index in [0.717, 1.165) is 22.2 Å². The molecule has 1 aliphatic heterocycles. The fourth-order valence-corrected chi connectivity index (χ4v) is 3.31. The quantitative estimate of drug-likeness (QED) is 0.636. The molecule has 0 aliphatic carbocycles. The summed E-state index contributed by atoms with van der Waals surface area (Å²) in [5.41, 5.74) is 1.10. The lowest BCUT2D eigenvalue weighted by Crippen LogP contribution is -2.29. The van der Waals surface area contributed by atoms with E-state index in [1.807, 2.05) is 24.3 Å². The van der Waals surface area contributed by atoms with Gasteiger partial charge in [-0.05, 0) is 29.8 Å². The van der Waals surface area contributed by atoms with Crippen LogP contribution >= 0.6 is 15.9 Å². The second-order valence-electron chi connectivity index (χ2n) is 4.97. The Morgan fingerprint density at radius 3 is 2.43 bits per heavy atom. The van der Waals surface area contributed by atoms with Crippen LogP contribution in [-0.2, 0) is 21.5 Å². The predicted octanol–water partition coefficient (Wildman–Crippen LogP) is 2.43. The highest BCUT2D eigenvalue weighted by Crippen LogP contribution is 2.33. The van der Waals surface area contributed by atoms with Crippen LogP contribution in [-0.4, -0.2) is 24.7 Å². The van der Waals surface area contributed by atoms with Gasteiger partial charge in [0, 0.05) is 4.47 Å². The zero-order valence-corrected chi connectivity index (χ0v) is 14.0. The van der Waals surface area contributed by atoms with Crippen molar-refractivity contribution < 1.29 is 22.6 Å². The zero-order chi connectivity index (χ0) is 16.8. The van der Waals surface area contributed by atoms with Gasteiger partial charge in [0.25, 0.3) is 21.8 Å². The number of halogens is 1. The SMILES string of the molecule is O=C1C(=O)N(Cc2ccccc2Br)c2ccc(S(=O)(=O)O)cc21. The van der Waals surface area contributed by atoms with Crippen LogP contribution in [0.15, 0.2) is 51.8 Å². The van der Waals surface area contributed by atoms with Crippen molar-refractivity contribution >= 4 is 43.4 Å². The van der Waals surface area contributed by atoms with Gasteiger partial charge in [-0.15, -0.1) is 0 Å². The highest BCUT2D eigenvalue weighted by atomic mass is 79.9. The lowest BCUT2D eigenvalue weighted by atomic mass is 10.1. The van der Waals surface area contributed by atoms with E-state index in [9.17, 15) is 18.0 Å². The molecule has 0 saturated carbocycles. The molecule has 2 aromatic rings. The highest BCUT2D eigenvalue weighted by Gasteiger charge is 2.36. The lowest BCUT2D eigenvalue weighted by molar-refractivity contribution is -0.114. The number of ketones is 1. The molecule has 0 saturated heterocycles. The third-order valence-corrected chi connectivity index (χ3v) is 5.15. The van der Waals surface area contributed by atoms with Gasteiger partial charge in [0.2, 0.25) is 0 Å². The summed E-state index contributed by atoms with van der Waals surface area (Å²) >= 11 is 3.38. The number of hydrogen-bond donors (Lipinski definition) is 1. The van der Waals surface area contributed by atoms with Crippen molar-refractivity contribution in [1.29, 1.82) is 0 Å². The van der Waals surface area contributed by atoms with E-state index in [4.69, 9.17) is 4.55 Å². The minimum Gasteiger partial charge on any atom is -0.300 e. The van der Waals surface area contributed by atoms with Crippen molar-refractivity contribution in [2.45, 2.75) is 11.4 Å². The molecule has 0 aromatic heterocycles. The number of carbonyl (C=O) groups excluding carboxylic acids is 2. The largest absolute Gasteiger partial charge is 0.300 e. The van der Waals surface area contributed by atoms with Crippen LogP contribution in [0.2, 0.25) is 0 Å². The van der Waals surface area contributed by atoms with E-state index < -0.39 is 26.7 Å². The van der Waals surface area contributed by atoms with Crippen molar-refractivity contribution in [2.24, 2.45) is 0 Å². The number of fused-ring (bicyclic) bond motifs is 1. The first-order valence-corrected chi connectivity index (χ1v) is 8.73. The molecular formula is C15H10BrNO5S. The van der Waals surface area contributed by atoms with Gasteiger partial charge >= 0.3 is 0 Å². The Morgan fingerprint density at radius 1 is 1.09 bits per heavy atom. The summed E-state index contributed by atoms with van der Waals surface area (Å²) in [5, 5.41) is 0. The van der Waals surface area contributed by atoms with Crippen molar-refractivity contribution in [3.63, 3.8) is 0 Å². The van der Waals surface area contributed by atoms with E-state index in [1.54, 1.807) is 0 Å². The van der Waals surface area contributed by atoms with Gasteiger partial charge < -0.3 is 4.90 Å². The average molecular weight is 396 g/mol. The summed E-state index contributed by atoms with van der Waals surface area (Å²) in [5.74, 6) is -1.53. The number of rotatable bonds is 3. The molecule has 23 heavy (non-hydrogen) atoms. The minimum atomic E-state index is -4.44. The van der Waals surface area contributed by atoms with Gasteiger partial charge in [-0.1, -0.05) is 34.1 Å². The Bertz CT molecular complexity index is 939. The zero-order valence-electron chi connectivity index (χ0n) is 11.6. The predicted molar refractivity (Wildman–Crippen MR) is 85.9 cm³/mol.